The zero-order chi connectivity index (χ0) is 15.9. The van der Waals surface area contributed by atoms with Crippen molar-refractivity contribution in [2.24, 2.45) is 0 Å². The Morgan fingerprint density at radius 2 is 1.59 bits per heavy atom. The van der Waals surface area contributed by atoms with E-state index in [4.69, 9.17) is 9.47 Å². The van der Waals surface area contributed by atoms with Crippen molar-refractivity contribution in [3.8, 4) is 11.5 Å². The van der Waals surface area contributed by atoms with Crippen LogP contribution < -0.4 is 14.8 Å². The van der Waals surface area contributed by atoms with Crippen LogP contribution >= 0.6 is 15.9 Å². The molecule has 3 nitrogen and oxygen atoms in total. The summed E-state index contributed by atoms with van der Waals surface area (Å²) in [5, 5.41) is 3.26. The molecule has 0 aliphatic carbocycles. The number of halogens is 2. The van der Waals surface area contributed by atoms with E-state index in [0.29, 0.717) is 19.8 Å². The van der Waals surface area contributed by atoms with Crippen LogP contribution in [-0.2, 0) is 6.54 Å². The maximum absolute atomic E-state index is 12.9. The molecule has 0 aliphatic heterocycles. The molecule has 0 bridgehead atoms. The predicted octanol–water partition coefficient (Wildman–Crippen LogP) is 5.00. The summed E-state index contributed by atoms with van der Waals surface area (Å²) in [7, 11) is 0. The molecule has 2 aromatic rings. The van der Waals surface area contributed by atoms with Crippen molar-refractivity contribution in [2.75, 3.05) is 18.5 Å². The molecular formula is C17H19BrFNO2. The van der Waals surface area contributed by atoms with Crippen LogP contribution in [-0.4, -0.2) is 13.2 Å². The molecule has 5 heteroatoms. The lowest BCUT2D eigenvalue weighted by atomic mass is 10.2. The fourth-order valence-corrected chi connectivity index (χ4v) is 2.48. The van der Waals surface area contributed by atoms with Gasteiger partial charge in [0.05, 0.1) is 13.2 Å². The first-order valence-corrected chi connectivity index (χ1v) is 8.00. The number of hydrogen-bond donors (Lipinski definition) is 1. The van der Waals surface area contributed by atoms with E-state index in [1.165, 1.54) is 12.1 Å². The van der Waals surface area contributed by atoms with E-state index in [2.05, 4.69) is 21.2 Å². The van der Waals surface area contributed by atoms with Gasteiger partial charge in [0, 0.05) is 16.7 Å². The fraction of sp³-hybridized carbons (Fsp3) is 0.294. The summed E-state index contributed by atoms with van der Waals surface area (Å²) in [4.78, 5) is 0. The number of ether oxygens (including phenoxy) is 2. The Labute approximate surface area is 138 Å². The van der Waals surface area contributed by atoms with Gasteiger partial charge in [0.1, 0.15) is 5.82 Å². The van der Waals surface area contributed by atoms with Crippen LogP contribution in [0, 0.1) is 5.82 Å². The van der Waals surface area contributed by atoms with Gasteiger partial charge >= 0.3 is 0 Å². The normalized spacial score (nSPS) is 10.4. The van der Waals surface area contributed by atoms with Crippen molar-refractivity contribution < 1.29 is 13.9 Å². The molecule has 0 spiro atoms. The van der Waals surface area contributed by atoms with E-state index < -0.39 is 0 Å². The number of nitrogens with one attached hydrogen (secondary N) is 1. The molecule has 0 saturated carbocycles. The van der Waals surface area contributed by atoms with Crippen LogP contribution in [0.1, 0.15) is 19.4 Å². The van der Waals surface area contributed by atoms with E-state index in [9.17, 15) is 4.39 Å². The first-order chi connectivity index (χ1) is 10.6. The van der Waals surface area contributed by atoms with Gasteiger partial charge in [0.15, 0.2) is 11.5 Å². The maximum atomic E-state index is 12.9. The molecule has 0 saturated heterocycles. The van der Waals surface area contributed by atoms with Crippen LogP contribution in [0.3, 0.4) is 0 Å². The zero-order valence-electron chi connectivity index (χ0n) is 12.7. The third-order valence-corrected chi connectivity index (χ3v) is 3.78. The summed E-state index contributed by atoms with van der Waals surface area (Å²) in [6, 6.07) is 10.1. The SMILES string of the molecule is CCOc1cc(Br)c(CNc2ccc(F)cc2)cc1OCC. The van der Waals surface area contributed by atoms with Crippen LogP contribution in [0.2, 0.25) is 0 Å². The lowest BCUT2D eigenvalue weighted by Gasteiger charge is -2.15. The number of benzene rings is 2. The third kappa shape index (κ3) is 4.37. The van der Waals surface area contributed by atoms with Gasteiger partial charge < -0.3 is 14.8 Å². The highest BCUT2D eigenvalue weighted by Gasteiger charge is 2.10. The third-order valence-electron chi connectivity index (χ3n) is 3.04. The molecule has 0 aromatic heterocycles. The average molecular weight is 368 g/mol. The van der Waals surface area contributed by atoms with Crippen molar-refractivity contribution in [2.45, 2.75) is 20.4 Å². The van der Waals surface area contributed by atoms with Crippen molar-refractivity contribution in [1.29, 1.82) is 0 Å². The molecule has 0 atom stereocenters. The summed E-state index contributed by atoms with van der Waals surface area (Å²) < 4.78 is 25.1. The molecule has 1 N–H and O–H groups in total. The number of hydrogen-bond acceptors (Lipinski definition) is 3. The highest BCUT2D eigenvalue weighted by Crippen LogP contribution is 2.34. The number of rotatable bonds is 7. The molecule has 22 heavy (non-hydrogen) atoms. The first kappa shape index (κ1) is 16.6. The quantitative estimate of drug-likeness (QED) is 0.746. The molecule has 0 radical (unpaired) electrons. The molecule has 0 unspecified atom stereocenters. The van der Waals surface area contributed by atoms with Crippen LogP contribution in [0.25, 0.3) is 0 Å². The summed E-state index contributed by atoms with van der Waals surface area (Å²) in [5.41, 5.74) is 1.90. The van der Waals surface area contributed by atoms with E-state index in [1.54, 1.807) is 12.1 Å². The lowest BCUT2D eigenvalue weighted by Crippen LogP contribution is -2.03. The minimum absolute atomic E-state index is 0.244. The molecule has 0 aliphatic rings. The second-order valence-corrected chi connectivity index (χ2v) is 5.47. The Kier molecular flexibility index (Phi) is 6.07. The van der Waals surface area contributed by atoms with Gasteiger partial charge in [0.2, 0.25) is 0 Å². The average Bonchev–Trinajstić information content (AvgIpc) is 2.50. The predicted molar refractivity (Wildman–Crippen MR) is 90.2 cm³/mol. The van der Waals surface area contributed by atoms with Crippen LogP contribution in [0.5, 0.6) is 11.5 Å². The van der Waals surface area contributed by atoms with Crippen molar-refractivity contribution >= 4 is 21.6 Å². The zero-order valence-corrected chi connectivity index (χ0v) is 14.2. The Morgan fingerprint density at radius 3 is 2.18 bits per heavy atom. The van der Waals surface area contributed by atoms with Crippen LogP contribution in [0.15, 0.2) is 40.9 Å². The molecule has 118 valence electrons. The summed E-state index contributed by atoms with van der Waals surface area (Å²) >= 11 is 3.55. The van der Waals surface area contributed by atoms with Crippen LogP contribution in [0.4, 0.5) is 10.1 Å². The monoisotopic (exact) mass is 367 g/mol. The smallest absolute Gasteiger partial charge is 0.162 e. The lowest BCUT2D eigenvalue weighted by molar-refractivity contribution is 0.287. The fourth-order valence-electron chi connectivity index (χ4n) is 2.01. The number of anilines is 1. The Balaban J connectivity index is 2.15. The molecule has 2 aromatic carbocycles. The Hall–Kier alpha value is -1.75. The minimum atomic E-state index is -0.244. The van der Waals surface area contributed by atoms with Gasteiger partial charge in [-0.15, -0.1) is 0 Å². The van der Waals surface area contributed by atoms with Gasteiger partial charge in [-0.3, -0.25) is 0 Å². The topological polar surface area (TPSA) is 30.5 Å². The van der Waals surface area contributed by atoms with Crippen molar-refractivity contribution in [3.05, 3.63) is 52.3 Å². The summed E-state index contributed by atoms with van der Waals surface area (Å²) in [6.07, 6.45) is 0. The maximum Gasteiger partial charge on any atom is 0.162 e. The van der Waals surface area contributed by atoms with E-state index in [0.717, 1.165) is 27.2 Å². The van der Waals surface area contributed by atoms with Gasteiger partial charge in [-0.25, -0.2) is 4.39 Å². The molecule has 0 fully saturated rings. The molecule has 0 amide bonds. The summed E-state index contributed by atoms with van der Waals surface area (Å²) in [6.45, 7) is 5.63. The van der Waals surface area contributed by atoms with Gasteiger partial charge in [-0.05, 0) is 55.8 Å². The second kappa shape index (κ2) is 8.03. The summed E-state index contributed by atoms with van der Waals surface area (Å²) in [5.74, 6) is 1.21. The standard InChI is InChI=1S/C17H19BrFNO2/c1-3-21-16-9-12(15(18)10-17(16)22-4-2)11-20-14-7-5-13(19)6-8-14/h5-10,20H,3-4,11H2,1-2H3. The molecule has 2 rings (SSSR count). The van der Waals surface area contributed by atoms with Crippen molar-refractivity contribution in [3.63, 3.8) is 0 Å². The van der Waals surface area contributed by atoms with Gasteiger partial charge in [-0.1, -0.05) is 15.9 Å². The molecule has 0 heterocycles. The van der Waals surface area contributed by atoms with E-state index >= 15 is 0 Å². The van der Waals surface area contributed by atoms with E-state index in [-0.39, 0.29) is 5.82 Å². The minimum Gasteiger partial charge on any atom is -0.490 e. The van der Waals surface area contributed by atoms with E-state index in [1.807, 2.05) is 26.0 Å². The van der Waals surface area contributed by atoms with Gasteiger partial charge in [-0.2, -0.15) is 0 Å². The Bertz CT molecular complexity index is 617. The highest BCUT2D eigenvalue weighted by molar-refractivity contribution is 9.10. The Morgan fingerprint density at radius 1 is 1.00 bits per heavy atom. The van der Waals surface area contributed by atoms with Crippen molar-refractivity contribution in [1.82, 2.24) is 0 Å². The first-order valence-electron chi connectivity index (χ1n) is 7.21. The van der Waals surface area contributed by atoms with Gasteiger partial charge in [0.25, 0.3) is 0 Å². The highest BCUT2D eigenvalue weighted by atomic mass is 79.9. The molecular weight excluding hydrogens is 349 g/mol. The second-order valence-electron chi connectivity index (χ2n) is 4.62. The largest absolute Gasteiger partial charge is 0.490 e.